The molecule has 1 heterocycles. The van der Waals surface area contributed by atoms with Gasteiger partial charge >= 0.3 is 0 Å². The van der Waals surface area contributed by atoms with Crippen LogP contribution in [0.5, 0.6) is 0 Å². The summed E-state index contributed by atoms with van der Waals surface area (Å²) in [5.41, 5.74) is 9.18. The van der Waals surface area contributed by atoms with Crippen molar-refractivity contribution in [2.75, 3.05) is 0 Å². The normalized spacial score (nSPS) is 33.8. The highest BCUT2D eigenvalue weighted by molar-refractivity contribution is 7.09. The van der Waals surface area contributed by atoms with E-state index in [0.717, 1.165) is 5.92 Å². The van der Waals surface area contributed by atoms with Crippen molar-refractivity contribution in [1.29, 1.82) is 0 Å². The minimum Gasteiger partial charge on any atom is -0.327 e. The molecule has 2 aliphatic carbocycles. The average Bonchev–Trinajstić information content (AvgIpc) is 2.96. The van der Waals surface area contributed by atoms with E-state index < -0.39 is 0 Å². The van der Waals surface area contributed by atoms with E-state index in [2.05, 4.69) is 4.98 Å². The Morgan fingerprint density at radius 3 is 2.83 bits per heavy atom. The minimum absolute atomic E-state index is 0.433. The maximum atomic E-state index is 5.83. The summed E-state index contributed by atoms with van der Waals surface area (Å²) in [7, 11) is 0. The first-order valence-corrected chi connectivity index (χ1v) is 5.43. The van der Waals surface area contributed by atoms with Crippen molar-refractivity contribution in [1.82, 2.24) is 4.98 Å². The van der Waals surface area contributed by atoms with Gasteiger partial charge in [-0.1, -0.05) is 0 Å². The van der Waals surface area contributed by atoms with Crippen molar-refractivity contribution in [2.45, 2.75) is 37.1 Å². The maximum absolute atomic E-state index is 5.83. The molecular weight excluding hydrogens is 168 g/mol. The molecule has 2 N–H and O–H groups in total. The smallest absolute Gasteiger partial charge is 0.0797 e. The topological polar surface area (TPSA) is 38.9 Å². The quantitative estimate of drug-likeness (QED) is 0.754. The van der Waals surface area contributed by atoms with Crippen LogP contribution in [0.3, 0.4) is 0 Å². The predicted octanol–water partition coefficient (Wildman–Crippen LogP) is 1.84. The lowest BCUT2D eigenvalue weighted by molar-refractivity contribution is 0.952. The van der Waals surface area contributed by atoms with Crippen molar-refractivity contribution < 1.29 is 0 Å². The largest absolute Gasteiger partial charge is 0.327 e. The van der Waals surface area contributed by atoms with Gasteiger partial charge in [-0.3, -0.25) is 0 Å². The van der Waals surface area contributed by atoms with Crippen LogP contribution in [-0.4, -0.2) is 11.0 Å². The number of rotatable bonds is 2. The Labute approximate surface area is 75.8 Å². The molecule has 2 fully saturated rings. The Balaban J connectivity index is 1.92. The van der Waals surface area contributed by atoms with Crippen molar-refractivity contribution in [3.8, 4) is 0 Å². The van der Waals surface area contributed by atoms with Crippen LogP contribution >= 0.6 is 11.3 Å². The minimum atomic E-state index is 0.433. The van der Waals surface area contributed by atoms with Gasteiger partial charge in [0.1, 0.15) is 0 Å². The molecule has 1 aromatic rings. The molecule has 2 aliphatic rings. The molecule has 12 heavy (non-hydrogen) atoms. The lowest BCUT2D eigenvalue weighted by atomic mass is 10.2. The molecule has 0 saturated heterocycles. The first-order valence-electron chi connectivity index (χ1n) is 4.55. The lowest BCUT2D eigenvalue weighted by Crippen LogP contribution is -2.01. The first-order chi connectivity index (χ1) is 5.86. The van der Waals surface area contributed by atoms with Crippen LogP contribution in [0.2, 0.25) is 0 Å². The Kier molecular flexibility index (Phi) is 1.35. The highest BCUT2D eigenvalue weighted by atomic mass is 32.1. The van der Waals surface area contributed by atoms with E-state index in [4.69, 9.17) is 5.73 Å². The number of hydrogen-bond donors (Lipinski definition) is 1. The molecule has 2 atom stereocenters. The monoisotopic (exact) mass is 180 g/mol. The summed E-state index contributed by atoms with van der Waals surface area (Å²) in [6.07, 6.45) is 3.87. The fourth-order valence-electron chi connectivity index (χ4n) is 1.72. The van der Waals surface area contributed by atoms with E-state index >= 15 is 0 Å². The van der Waals surface area contributed by atoms with Gasteiger partial charge in [0.2, 0.25) is 0 Å². The molecule has 0 aromatic carbocycles. The van der Waals surface area contributed by atoms with Crippen molar-refractivity contribution >= 4 is 11.3 Å². The predicted molar refractivity (Wildman–Crippen MR) is 49.4 cm³/mol. The fourth-order valence-corrected chi connectivity index (χ4v) is 2.79. The molecule has 0 radical (unpaired) electrons. The summed E-state index contributed by atoms with van der Waals surface area (Å²) in [5.74, 6) is 1.45. The highest BCUT2D eigenvalue weighted by Crippen LogP contribution is 2.49. The summed E-state index contributed by atoms with van der Waals surface area (Å²) >= 11 is 1.80. The molecular formula is C9H12N2S. The summed E-state index contributed by atoms with van der Waals surface area (Å²) in [6, 6.07) is 0.433. The van der Waals surface area contributed by atoms with E-state index in [1.54, 1.807) is 11.3 Å². The van der Waals surface area contributed by atoms with Gasteiger partial charge in [0.15, 0.2) is 0 Å². The second-order valence-corrected chi connectivity index (χ2v) is 4.77. The summed E-state index contributed by atoms with van der Waals surface area (Å²) in [4.78, 5) is 5.93. The van der Waals surface area contributed by atoms with Crippen molar-refractivity contribution in [3.63, 3.8) is 0 Å². The van der Waals surface area contributed by atoms with Gasteiger partial charge in [-0.25, -0.2) is 4.98 Å². The number of nitrogens with zero attached hydrogens (tertiary/aromatic N) is 1. The second-order valence-electron chi connectivity index (χ2n) is 3.88. The van der Waals surface area contributed by atoms with Gasteiger partial charge in [0.05, 0.1) is 11.2 Å². The summed E-state index contributed by atoms with van der Waals surface area (Å²) in [5, 5.41) is 0. The zero-order chi connectivity index (χ0) is 8.13. The molecule has 3 heteroatoms. The van der Waals surface area contributed by atoms with Gasteiger partial charge in [-0.2, -0.15) is 0 Å². The maximum Gasteiger partial charge on any atom is 0.0797 e. The third kappa shape index (κ3) is 1.00. The molecule has 3 rings (SSSR count). The molecule has 0 unspecified atom stereocenters. The third-order valence-electron chi connectivity index (χ3n) is 2.76. The second kappa shape index (κ2) is 2.30. The van der Waals surface area contributed by atoms with Crippen LogP contribution in [-0.2, 0) is 0 Å². The highest BCUT2D eigenvalue weighted by Gasteiger charge is 2.40. The molecule has 2 saturated carbocycles. The van der Waals surface area contributed by atoms with E-state index in [1.165, 1.54) is 29.8 Å². The standard InChI is InChI=1S/C9H12N2S/c10-7-3-6(7)9-8(5-1-2-5)11-4-12-9/h4-7H,1-3,10H2/t6-,7-/m1/s1. The molecule has 2 nitrogen and oxygen atoms in total. The fraction of sp³-hybridized carbons (Fsp3) is 0.667. The Bertz CT molecular complexity index is 303. The Hall–Kier alpha value is -0.410. The Morgan fingerprint density at radius 1 is 1.50 bits per heavy atom. The molecule has 64 valence electrons. The van der Waals surface area contributed by atoms with Gasteiger partial charge in [-0.05, 0) is 19.3 Å². The van der Waals surface area contributed by atoms with Gasteiger partial charge in [0.25, 0.3) is 0 Å². The third-order valence-corrected chi connectivity index (χ3v) is 3.74. The van der Waals surface area contributed by atoms with Crippen LogP contribution in [0.25, 0.3) is 0 Å². The molecule has 0 amide bonds. The van der Waals surface area contributed by atoms with Crippen molar-refractivity contribution in [3.05, 3.63) is 16.1 Å². The lowest BCUT2D eigenvalue weighted by Gasteiger charge is -1.96. The summed E-state index contributed by atoms with van der Waals surface area (Å²) < 4.78 is 0. The van der Waals surface area contributed by atoms with Gasteiger partial charge < -0.3 is 5.73 Å². The zero-order valence-electron chi connectivity index (χ0n) is 6.86. The molecule has 0 bridgehead atoms. The Morgan fingerprint density at radius 2 is 2.25 bits per heavy atom. The van der Waals surface area contributed by atoms with E-state index in [-0.39, 0.29) is 0 Å². The number of aromatic nitrogens is 1. The molecule has 0 spiro atoms. The number of thiazole rings is 1. The average molecular weight is 180 g/mol. The molecule has 1 aromatic heterocycles. The number of hydrogen-bond acceptors (Lipinski definition) is 3. The van der Waals surface area contributed by atoms with Crippen LogP contribution in [0.1, 0.15) is 41.7 Å². The van der Waals surface area contributed by atoms with Crippen LogP contribution in [0, 0.1) is 0 Å². The van der Waals surface area contributed by atoms with Crippen LogP contribution in [0.15, 0.2) is 5.51 Å². The van der Waals surface area contributed by atoms with E-state index in [1.807, 2.05) is 5.51 Å². The van der Waals surface area contributed by atoms with Gasteiger partial charge in [-0.15, -0.1) is 11.3 Å². The number of nitrogens with two attached hydrogens (primary N) is 1. The first kappa shape index (κ1) is 7.04. The van der Waals surface area contributed by atoms with Crippen LogP contribution < -0.4 is 5.73 Å². The summed E-state index contributed by atoms with van der Waals surface area (Å²) in [6.45, 7) is 0. The SMILES string of the molecule is N[C@@H]1C[C@H]1c1scnc1C1CC1. The zero-order valence-corrected chi connectivity index (χ0v) is 7.68. The van der Waals surface area contributed by atoms with E-state index in [0.29, 0.717) is 12.0 Å². The van der Waals surface area contributed by atoms with E-state index in [9.17, 15) is 0 Å². The van der Waals surface area contributed by atoms with Crippen LogP contribution in [0.4, 0.5) is 0 Å². The van der Waals surface area contributed by atoms with Crippen molar-refractivity contribution in [2.24, 2.45) is 5.73 Å². The molecule has 0 aliphatic heterocycles. The van der Waals surface area contributed by atoms with Gasteiger partial charge in [0, 0.05) is 22.8 Å².